The number of hydrogen-bond donors (Lipinski definition) is 2. The van der Waals surface area contributed by atoms with Crippen molar-refractivity contribution in [3.05, 3.63) is 71.5 Å². The molecule has 0 unspecified atom stereocenters. The molecule has 1 fully saturated rings. The van der Waals surface area contributed by atoms with Crippen LogP contribution in [0.5, 0.6) is 0 Å². The van der Waals surface area contributed by atoms with Crippen LogP contribution in [0.2, 0.25) is 0 Å². The molecule has 0 spiro atoms. The molecular weight excluding hydrogens is 328 g/mol. The van der Waals surface area contributed by atoms with Crippen molar-refractivity contribution in [1.82, 2.24) is 4.40 Å². The van der Waals surface area contributed by atoms with Gasteiger partial charge in [-0.1, -0.05) is 24.3 Å². The fourth-order valence-corrected chi connectivity index (χ4v) is 3.76. The van der Waals surface area contributed by atoms with E-state index in [1.165, 1.54) is 11.1 Å². The molecule has 0 amide bonds. The van der Waals surface area contributed by atoms with Crippen LogP contribution in [0, 0.1) is 0 Å². The molecule has 3 heterocycles. The maximum atomic E-state index is 11.8. The molecule has 0 atom stereocenters. The molecule has 134 valence electrons. The third-order valence-corrected chi connectivity index (χ3v) is 5.09. The number of aromatic carboxylic acids is 1. The second-order valence-corrected chi connectivity index (χ2v) is 6.64. The molecular formula is C21H22N2O3. The second kappa shape index (κ2) is 7.22. The molecule has 4 rings (SSSR count). The summed E-state index contributed by atoms with van der Waals surface area (Å²) in [6, 6.07) is 15.9. The molecule has 2 aromatic heterocycles. The molecule has 1 saturated heterocycles. The number of aromatic nitrogens is 1. The highest BCUT2D eigenvalue weighted by molar-refractivity contribution is 5.93. The second-order valence-electron chi connectivity index (χ2n) is 6.64. The first-order chi connectivity index (χ1) is 12.7. The number of nitrogens with zero attached hydrogens (tertiary/aromatic N) is 1. The number of pyridine rings is 1. The van der Waals surface area contributed by atoms with E-state index in [4.69, 9.17) is 4.74 Å². The van der Waals surface area contributed by atoms with E-state index in [1.54, 1.807) is 10.6 Å². The van der Waals surface area contributed by atoms with Crippen molar-refractivity contribution < 1.29 is 14.6 Å². The maximum absolute atomic E-state index is 11.8. The third kappa shape index (κ3) is 3.18. The summed E-state index contributed by atoms with van der Waals surface area (Å²) in [4.78, 5) is 11.8. The summed E-state index contributed by atoms with van der Waals surface area (Å²) in [6.45, 7) is 2.21. The Morgan fingerprint density at radius 3 is 2.73 bits per heavy atom. The van der Waals surface area contributed by atoms with Gasteiger partial charge in [0.2, 0.25) is 0 Å². The summed E-state index contributed by atoms with van der Waals surface area (Å²) in [5.41, 5.74) is 4.31. The maximum Gasteiger partial charge on any atom is 0.355 e. The molecule has 5 nitrogen and oxygen atoms in total. The summed E-state index contributed by atoms with van der Waals surface area (Å²) in [7, 11) is 0. The summed E-state index contributed by atoms with van der Waals surface area (Å²) < 4.78 is 7.19. The smallest absolute Gasteiger partial charge is 0.355 e. The standard InChI is InChI=1S/C21H22N2O3/c24-21(25)20-19(8-7-17-5-3-11-23(17)20)22-14-16-4-1-2-6-18(16)15-9-12-26-13-10-15/h1-8,11,15,22H,9-10,12-14H2,(H,24,25). The fourth-order valence-electron chi connectivity index (χ4n) is 3.76. The summed E-state index contributed by atoms with van der Waals surface area (Å²) in [6.07, 6.45) is 3.85. The lowest BCUT2D eigenvalue weighted by Crippen LogP contribution is -2.17. The van der Waals surface area contributed by atoms with Crippen LogP contribution in [0.25, 0.3) is 5.52 Å². The van der Waals surface area contributed by atoms with Crippen molar-refractivity contribution in [3.63, 3.8) is 0 Å². The van der Waals surface area contributed by atoms with E-state index in [1.807, 2.05) is 30.3 Å². The number of carboxylic acids is 1. The van der Waals surface area contributed by atoms with Gasteiger partial charge in [0, 0.05) is 31.5 Å². The van der Waals surface area contributed by atoms with E-state index in [0.717, 1.165) is 31.6 Å². The lowest BCUT2D eigenvalue weighted by molar-refractivity contribution is 0.0690. The Bertz CT molecular complexity index is 926. The van der Waals surface area contributed by atoms with E-state index in [9.17, 15) is 9.90 Å². The third-order valence-electron chi connectivity index (χ3n) is 5.09. The molecule has 0 saturated carbocycles. The van der Waals surface area contributed by atoms with Gasteiger partial charge < -0.3 is 19.6 Å². The quantitative estimate of drug-likeness (QED) is 0.726. The van der Waals surface area contributed by atoms with Gasteiger partial charge in [0.1, 0.15) is 0 Å². The molecule has 1 aliphatic rings. The van der Waals surface area contributed by atoms with Crippen LogP contribution in [-0.4, -0.2) is 28.7 Å². The number of ether oxygens (including phenoxy) is 1. The van der Waals surface area contributed by atoms with Gasteiger partial charge in [0.15, 0.2) is 5.69 Å². The van der Waals surface area contributed by atoms with Gasteiger partial charge in [0.05, 0.1) is 5.69 Å². The zero-order valence-electron chi connectivity index (χ0n) is 14.5. The highest BCUT2D eigenvalue weighted by atomic mass is 16.5. The Morgan fingerprint density at radius 1 is 1.12 bits per heavy atom. The number of rotatable bonds is 5. The van der Waals surface area contributed by atoms with Crippen LogP contribution < -0.4 is 5.32 Å². The number of anilines is 1. The van der Waals surface area contributed by atoms with Crippen LogP contribution in [0.1, 0.15) is 40.4 Å². The minimum absolute atomic E-state index is 0.260. The van der Waals surface area contributed by atoms with Gasteiger partial charge in [-0.05, 0) is 54.2 Å². The van der Waals surface area contributed by atoms with Crippen LogP contribution in [0.3, 0.4) is 0 Å². The van der Waals surface area contributed by atoms with Crippen LogP contribution in [0.15, 0.2) is 54.7 Å². The molecule has 5 heteroatoms. The molecule has 1 aliphatic heterocycles. The molecule has 0 bridgehead atoms. The van der Waals surface area contributed by atoms with Gasteiger partial charge in [-0.15, -0.1) is 0 Å². The first-order valence-corrected chi connectivity index (χ1v) is 8.97. The van der Waals surface area contributed by atoms with Crippen LogP contribution >= 0.6 is 0 Å². The molecule has 1 aromatic carbocycles. The summed E-state index contributed by atoms with van der Waals surface area (Å²) in [5.74, 6) is -0.431. The number of hydrogen-bond acceptors (Lipinski definition) is 3. The van der Waals surface area contributed by atoms with Crippen molar-refractivity contribution in [2.24, 2.45) is 0 Å². The molecule has 0 radical (unpaired) electrons. The average Bonchev–Trinajstić information content (AvgIpc) is 3.15. The van der Waals surface area contributed by atoms with Gasteiger partial charge in [-0.2, -0.15) is 0 Å². The fraction of sp³-hybridized carbons (Fsp3) is 0.286. The summed E-state index contributed by atoms with van der Waals surface area (Å²) >= 11 is 0. The topological polar surface area (TPSA) is 63.0 Å². The van der Waals surface area contributed by atoms with Gasteiger partial charge >= 0.3 is 5.97 Å². The Balaban J connectivity index is 1.61. The van der Waals surface area contributed by atoms with E-state index in [0.29, 0.717) is 18.2 Å². The minimum Gasteiger partial charge on any atom is -0.476 e. The van der Waals surface area contributed by atoms with Crippen molar-refractivity contribution in [2.45, 2.75) is 25.3 Å². The zero-order chi connectivity index (χ0) is 17.9. The first kappa shape index (κ1) is 16.7. The van der Waals surface area contributed by atoms with Crippen molar-refractivity contribution >= 4 is 17.2 Å². The summed E-state index contributed by atoms with van der Waals surface area (Å²) in [5, 5.41) is 13.0. The predicted molar refractivity (Wildman–Crippen MR) is 101 cm³/mol. The van der Waals surface area contributed by atoms with Crippen molar-refractivity contribution in [1.29, 1.82) is 0 Å². The number of fused-ring (bicyclic) bond motifs is 1. The van der Waals surface area contributed by atoms with Crippen LogP contribution in [0.4, 0.5) is 5.69 Å². The molecule has 2 N–H and O–H groups in total. The number of carbonyl (C=O) groups is 1. The van der Waals surface area contributed by atoms with E-state index in [2.05, 4.69) is 23.5 Å². The minimum atomic E-state index is -0.938. The van der Waals surface area contributed by atoms with E-state index >= 15 is 0 Å². The van der Waals surface area contributed by atoms with Crippen molar-refractivity contribution in [3.8, 4) is 0 Å². The average molecular weight is 350 g/mol. The molecule has 26 heavy (non-hydrogen) atoms. The molecule has 0 aliphatic carbocycles. The number of nitrogens with one attached hydrogen (secondary N) is 1. The zero-order valence-corrected chi connectivity index (χ0v) is 14.5. The van der Waals surface area contributed by atoms with Gasteiger partial charge in [0.25, 0.3) is 0 Å². The Hall–Kier alpha value is -2.79. The first-order valence-electron chi connectivity index (χ1n) is 8.97. The Kier molecular flexibility index (Phi) is 4.63. The van der Waals surface area contributed by atoms with E-state index < -0.39 is 5.97 Å². The lowest BCUT2D eigenvalue weighted by Gasteiger charge is -2.25. The van der Waals surface area contributed by atoms with Crippen molar-refractivity contribution in [2.75, 3.05) is 18.5 Å². The highest BCUT2D eigenvalue weighted by Gasteiger charge is 2.19. The Morgan fingerprint density at radius 2 is 1.92 bits per heavy atom. The molecule has 3 aromatic rings. The highest BCUT2D eigenvalue weighted by Crippen LogP contribution is 2.30. The number of benzene rings is 1. The van der Waals surface area contributed by atoms with E-state index in [-0.39, 0.29) is 5.69 Å². The van der Waals surface area contributed by atoms with Gasteiger partial charge in [-0.25, -0.2) is 4.79 Å². The monoisotopic (exact) mass is 350 g/mol. The normalized spacial score (nSPS) is 15.2. The SMILES string of the molecule is O=C(O)c1c(NCc2ccccc2C2CCOCC2)ccc2cccn12. The lowest BCUT2D eigenvalue weighted by atomic mass is 9.88. The number of carboxylic acid groups (broad SMARTS) is 1. The largest absolute Gasteiger partial charge is 0.476 e. The van der Waals surface area contributed by atoms with Gasteiger partial charge in [-0.3, -0.25) is 0 Å². The Labute approximate surface area is 152 Å². The predicted octanol–water partition coefficient (Wildman–Crippen LogP) is 4.14. The van der Waals surface area contributed by atoms with Crippen LogP contribution in [-0.2, 0) is 11.3 Å².